The Morgan fingerprint density at radius 3 is 2.61 bits per heavy atom. The predicted molar refractivity (Wildman–Crippen MR) is 93.3 cm³/mol. The molecule has 2 saturated heterocycles. The third kappa shape index (κ3) is 2.96. The van der Waals surface area contributed by atoms with Crippen molar-refractivity contribution in [2.75, 3.05) is 13.6 Å². The van der Waals surface area contributed by atoms with E-state index >= 15 is 0 Å². The molecule has 3 unspecified atom stereocenters. The van der Waals surface area contributed by atoms with Gasteiger partial charge >= 0.3 is 0 Å². The summed E-state index contributed by atoms with van der Waals surface area (Å²) in [6.07, 6.45) is 8.19. The first-order chi connectivity index (χ1) is 11.1. The molecule has 3 aliphatic heterocycles. The Balaban J connectivity index is 1.57. The minimum atomic E-state index is 0.475. The van der Waals surface area contributed by atoms with Crippen LogP contribution in [0.15, 0.2) is 6.07 Å². The average Bonchev–Trinajstić information content (AvgIpc) is 2.80. The van der Waals surface area contributed by atoms with Crippen LogP contribution < -0.4 is 0 Å². The highest BCUT2D eigenvalue weighted by atomic mass is 15.3. The van der Waals surface area contributed by atoms with Gasteiger partial charge in [-0.15, -0.1) is 0 Å². The highest BCUT2D eigenvalue weighted by Crippen LogP contribution is 2.41. The molecule has 0 N–H and O–H groups in total. The molecule has 2 bridgehead atoms. The molecule has 1 aromatic rings. The van der Waals surface area contributed by atoms with E-state index in [1.54, 1.807) is 0 Å². The highest BCUT2D eigenvalue weighted by molar-refractivity contribution is 5.16. The van der Waals surface area contributed by atoms with Crippen molar-refractivity contribution in [2.45, 2.75) is 83.6 Å². The molecule has 0 aromatic carbocycles. The van der Waals surface area contributed by atoms with E-state index in [9.17, 15) is 0 Å². The second-order valence-corrected chi connectivity index (χ2v) is 8.31. The molecule has 23 heavy (non-hydrogen) atoms. The third-order valence-corrected chi connectivity index (χ3v) is 6.37. The summed E-state index contributed by atoms with van der Waals surface area (Å²) in [6.45, 7) is 8.15. The second kappa shape index (κ2) is 6.21. The molecule has 2 fully saturated rings. The Bertz CT molecular complexity index is 538. The van der Waals surface area contributed by atoms with Gasteiger partial charge in [0, 0.05) is 31.7 Å². The summed E-state index contributed by atoms with van der Waals surface area (Å²) in [5, 5.41) is 5.01. The maximum absolute atomic E-state index is 5.01. The zero-order valence-electron chi connectivity index (χ0n) is 15.0. The van der Waals surface area contributed by atoms with Gasteiger partial charge in [0.1, 0.15) is 0 Å². The van der Waals surface area contributed by atoms with Crippen molar-refractivity contribution in [3.8, 4) is 0 Å². The van der Waals surface area contributed by atoms with Crippen LogP contribution in [0.5, 0.6) is 0 Å². The molecule has 0 aliphatic carbocycles. The number of rotatable bonds is 2. The lowest BCUT2D eigenvalue weighted by Gasteiger charge is -2.50. The predicted octanol–water partition coefficient (Wildman–Crippen LogP) is 3.43. The van der Waals surface area contributed by atoms with Crippen LogP contribution in [0, 0.1) is 5.92 Å². The van der Waals surface area contributed by atoms with Gasteiger partial charge in [-0.25, -0.2) is 0 Å². The molecule has 3 aliphatic rings. The average molecular weight is 316 g/mol. The van der Waals surface area contributed by atoms with Crippen LogP contribution >= 0.6 is 0 Å². The Morgan fingerprint density at radius 2 is 1.87 bits per heavy atom. The van der Waals surface area contributed by atoms with Crippen LogP contribution in [-0.4, -0.2) is 45.3 Å². The van der Waals surface area contributed by atoms with E-state index in [-0.39, 0.29) is 0 Å². The largest absolute Gasteiger partial charge is 0.300 e. The van der Waals surface area contributed by atoms with Crippen molar-refractivity contribution in [3.63, 3.8) is 0 Å². The van der Waals surface area contributed by atoms with Gasteiger partial charge in [0.25, 0.3) is 0 Å². The van der Waals surface area contributed by atoms with Crippen LogP contribution in [-0.2, 0) is 13.1 Å². The van der Waals surface area contributed by atoms with Crippen molar-refractivity contribution >= 4 is 0 Å². The van der Waals surface area contributed by atoms with Gasteiger partial charge in [-0.3, -0.25) is 9.58 Å². The van der Waals surface area contributed by atoms with E-state index in [1.165, 1.54) is 56.5 Å². The molecule has 0 radical (unpaired) electrons. The first-order valence-electron chi connectivity index (χ1n) is 9.64. The summed E-state index contributed by atoms with van der Waals surface area (Å²) in [4.78, 5) is 5.25. The van der Waals surface area contributed by atoms with Crippen molar-refractivity contribution in [2.24, 2.45) is 5.92 Å². The Kier molecular flexibility index (Phi) is 4.22. The Morgan fingerprint density at radius 1 is 1.13 bits per heavy atom. The molecule has 4 rings (SSSR count). The van der Waals surface area contributed by atoms with Crippen LogP contribution in [0.2, 0.25) is 0 Å². The van der Waals surface area contributed by atoms with Crippen molar-refractivity contribution in [1.29, 1.82) is 0 Å². The van der Waals surface area contributed by atoms with Crippen LogP contribution in [0.25, 0.3) is 0 Å². The number of aromatic nitrogens is 2. The fourth-order valence-corrected chi connectivity index (χ4v) is 5.32. The standard InChI is InChI=1S/C19H32N4/c1-14-10-16-6-4-7-17(11-14)23(16)15(2)19-12-18-13-21(3)8-5-9-22(18)20-19/h12,14-17H,4-11,13H2,1-3H3. The number of aryl methyl sites for hydroxylation is 1. The fourth-order valence-electron chi connectivity index (χ4n) is 5.32. The minimum absolute atomic E-state index is 0.475. The van der Waals surface area contributed by atoms with E-state index in [4.69, 9.17) is 5.10 Å². The van der Waals surface area contributed by atoms with E-state index in [0.717, 1.165) is 31.1 Å². The van der Waals surface area contributed by atoms with E-state index in [0.29, 0.717) is 6.04 Å². The van der Waals surface area contributed by atoms with Gasteiger partial charge < -0.3 is 4.90 Å². The smallest absolute Gasteiger partial charge is 0.0797 e. The molecular weight excluding hydrogens is 284 g/mol. The molecule has 0 spiro atoms. The second-order valence-electron chi connectivity index (χ2n) is 8.31. The van der Waals surface area contributed by atoms with E-state index in [1.807, 2.05) is 0 Å². The summed E-state index contributed by atoms with van der Waals surface area (Å²) in [7, 11) is 2.22. The van der Waals surface area contributed by atoms with Crippen molar-refractivity contribution < 1.29 is 0 Å². The first-order valence-corrected chi connectivity index (χ1v) is 9.64. The van der Waals surface area contributed by atoms with Crippen molar-refractivity contribution in [3.05, 3.63) is 17.5 Å². The maximum Gasteiger partial charge on any atom is 0.0797 e. The minimum Gasteiger partial charge on any atom is -0.300 e. The van der Waals surface area contributed by atoms with Crippen LogP contribution in [0.1, 0.15) is 69.8 Å². The van der Waals surface area contributed by atoms with Crippen LogP contribution in [0.3, 0.4) is 0 Å². The lowest BCUT2D eigenvalue weighted by Crippen LogP contribution is -2.52. The Hall–Kier alpha value is -0.870. The summed E-state index contributed by atoms with van der Waals surface area (Å²) in [5.74, 6) is 0.904. The SMILES string of the molecule is CC1CC2CCCC(C1)N2C(C)c1cc2n(n1)CCCN(C)C2. The van der Waals surface area contributed by atoms with Gasteiger partial charge in [0.15, 0.2) is 0 Å². The molecule has 0 amide bonds. The molecule has 1 aromatic heterocycles. The first kappa shape index (κ1) is 15.6. The van der Waals surface area contributed by atoms with E-state index in [2.05, 4.69) is 41.4 Å². The number of nitrogens with zero attached hydrogens (tertiary/aromatic N) is 4. The van der Waals surface area contributed by atoms with Gasteiger partial charge in [0.2, 0.25) is 0 Å². The molecule has 0 saturated carbocycles. The summed E-state index contributed by atoms with van der Waals surface area (Å²) >= 11 is 0. The van der Waals surface area contributed by atoms with E-state index < -0.39 is 0 Å². The molecular formula is C19H32N4. The number of piperidine rings is 2. The summed E-state index contributed by atoms with van der Waals surface area (Å²) in [6, 6.07) is 4.44. The maximum atomic E-state index is 5.01. The third-order valence-electron chi connectivity index (χ3n) is 6.37. The quantitative estimate of drug-likeness (QED) is 0.835. The highest BCUT2D eigenvalue weighted by Gasteiger charge is 2.40. The fraction of sp³-hybridized carbons (Fsp3) is 0.842. The lowest BCUT2D eigenvalue weighted by molar-refractivity contribution is -0.0138. The normalized spacial score (nSPS) is 34.0. The number of hydrogen-bond donors (Lipinski definition) is 0. The lowest BCUT2D eigenvalue weighted by atomic mass is 9.78. The van der Waals surface area contributed by atoms with Gasteiger partial charge in [-0.1, -0.05) is 13.3 Å². The zero-order chi connectivity index (χ0) is 16.0. The molecule has 128 valence electrons. The topological polar surface area (TPSA) is 24.3 Å². The molecule has 4 heterocycles. The number of fused-ring (bicyclic) bond motifs is 3. The van der Waals surface area contributed by atoms with Gasteiger partial charge in [-0.2, -0.15) is 5.10 Å². The van der Waals surface area contributed by atoms with Gasteiger partial charge in [0.05, 0.1) is 17.4 Å². The molecule has 4 heteroatoms. The molecule has 4 nitrogen and oxygen atoms in total. The summed E-state index contributed by atoms with van der Waals surface area (Å²) in [5.41, 5.74) is 2.71. The Labute approximate surface area is 140 Å². The molecule has 3 atom stereocenters. The monoisotopic (exact) mass is 316 g/mol. The zero-order valence-corrected chi connectivity index (χ0v) is 15.0. The summed E-state index contributed by atoms with van der Waals surface area (Å²) < 4.78 is 2.28. The van der Waals surface area contributed by atoms with Crippen molar-refractivity contribution in [1.82, 2.24) is 19.6 Å². The number of hydrogen-bond acceptors (Lipinski definition) is 3. The van der Waals surface area contributed by atoms with Gasteiger partial charge in [-0.05, 0) is 58.1 Å². The van der Waals surface area contributed by atoms with Crippen LogP contribution in [0.4, 0.5) is 0 Å².